The predicted octanol–water partition coefficient (Wildman–Crippen LogP) is 2.79. The van der Waals surface area contributed by atoms with Crippen LogP contribution in [0.2, 0.25) is 0 Å². The van der Waals surface area contributed by atoms with Gasteiger partial charge in [-0.3, -0.25) is 0 Å². The molecule has 2 aliphatic rings. The summed E-state index contributed by atoms with van der Waals surface area (Å²) in [4.78, 5) is 10.8. The highest BCUT2D eigenvalue weighted by molar-refractivity contribution is 5.07. The highest BCUT2D eigenvalue weighted by Crippen LogP contribution is 2.44. The third-order valence-electron chi connectivity index (χ3n) is 3.34. The molecule has 17 heavy (non-hydrogen) atoms. The van der Waals surface area contributed by atoms with Crippen LogP contribution in [0, 0.1) is 5.41 Å². The van der Waals surface area contributed by atoms with Crippen LogP contribution in [0.1, 0.15) is 40.5 Å². The fourth-order valence-corrected chi connectivity index (χ4v) is 2.28. The van der Waals surface area contributed by atoms with Crippen molar-refractivity contribution >= 4 is 0 Å². The van der Waals surface area contributed by atoms with E-state index in [0.717, 1.165) is 12.0 Å². The van der Waals surface area contributed by atoms with Gasteiger partial charge in [0.25, 0.3) is 0 Å². The SMILES string of the molecule is C=C(C)[C@H]1OO[C@@]2(CCC)OCC(C)(C)[C@H]1O2. The Balaban J connectivity index is 2.22. The zero-order chi connectivity index (χ0) is 12.7. The van der Waals surface area contributed by atoms with E-state index in [0.29, 0.717) is 13.0 Å². The lowest BCUT2D eigenvalue weighted by atomic mass is 9.81. The number of hydrogen-bond acceptors (Lipinski definition) is 4. The summed E-state index contributed by atoms with van der Waals surface area (Å²) < 4.78 is 11.7. The molecule has 2 rings (SSSR count). The van der Waals surface area contributed by atoms with Crippen molar-refractivity contribution in [3.8, 4) is 0 Å². The molecule has 2 bridgehead atoms. The molecule has 2 fully saturated rings. The lowest BCUT2D eigenvalue weighted by Gasteiger charge is -2.52. The Morgan fingerprint density at radius 3 is 2.71 bits per heavy atom. The zero-order valence-corrected chi connectivity index (χ0v) is 11.1. The van der Waals surface area contributed by atoms with E-state index < -0.39 is 5.97 Å². The molecule has 2 saturated heterocycles. The van der Waals surface area contributed by atoms with Crippen LogP contribution in [-0.4, -0.2) is 24.8 Å². The summed E-state index contributed by atoms with van der Waals surface area (Å²) in [5.74, 6) is -1.01. The molecule has 0 amide bonds. The average molecular weight is 242 g/mol. The molecule has 0 aromatic rings. The van der Waals surface area contributed by atoms with Crippen LogP contribution >= 0.6 is 0 Å². The van der Waals surface area contributed by atoms with Crippen LogP contribution in [0.3, 0.4) is 0 Å². The van der Waals surface area contributed by atoms with Crippen molar-refractivity contribution in [3.05, 3.63) is 12.2 Å². The Kier molecular flexibility index (Phi) is 3.34. The minimum atomic E-state index is -1.01. The largest absolute Gasteiger partial charge is 0.325 e. The minimum Gasteiger partial charge on any atom is -0.325 e. The smallest absolute Gasteiger partial charge is 0.312 e. The average Bonchev–Trinajstić information content (AvgIpc) is 2.25. The molecule has 0 unspecified atom stereocenters. The van der Waals surface area contributed by atoms with Crippen LogP contribution in [0.4, 0.5) is 0 Å². The summed E-state index contributed by atoms with van der Waals surface area (Å²) >= 11 is 0. The molecule has 0 saturated carbocycles. The molecule has 0 aromatic heterocycles. The highest BCUT2D eigenvalue weighted by atomic mass is 17.3. The molecule has 0 radical (unpaired) electrons. The van der Waals surface area contributed by atoms with Gasteiger partial charge < -0.3 is 9.47 Å². The second-order valence-electron chi connectivity index (χ2n) is 5.70. The second-order valence-corrected chi connectivity index (χ2v) is 5.70. The molecule has 2 aliphatic heterocycles. The molecule has 98 valence electrons. The first-order valence-electron chi connectivity index (χ1n) is 6.22. The monoisotopic (exact) mass is 242 g/mol. The molecular formula is C13H22O4. The molecule has 3 atom stereocenters. The van der Waals surface area contributed by atoms with E-state index in [1.807, 2.05) is 6.92 Å². The van der Waals surface area contributed by atoms with Gasteiger partial charge in [0.1, 0.15) is 12.2 Å². The van der Waals surface area contributed by atoms with Gasteiger partial charge in [-0.25, -0.2) is 4.89 Å². The van der Waals surface area contributed by atoms with Crippen molar-refractivity contribution in [1.29, 1.82) is 0 Å². The van der Waals surface area contributed by atoms with Gasteiger partial charge in [0.15, 0.2) is 0 Å². The predicted molar refractivity (Wildman–Crippen MR) is 63.0 cm³/mol. The lowest BCUT2D eigenvalue weighted by molar-refractivity contribution is -0.588. The van der Waals surface area contributed by atoms with Gasteiger partial charge in [-0.15, -0.1) is 0 Å². The van der Waals surface area contributed by atoms with Gasteiger partial charge in [-0.1, -0.05) is 27.4 Å². The summed E-state index contributed by atoms with van der Waals surface area (Å²) in [7, 11) is 0. The van der Waals surface area contributed by atoms with Crippen molar-refractivity contribution in [2.75, 3.05) is 6.61 Å². The van der Waals surface area contributed by atoms with Crippen molar-refractivity contribution in [3.63, 3.8) is 0 Å². The van der Waals surface area contributed by atoms with Crippen molar-refractivity contribution < 1.29 is 19.2 Å². The van der Waals surface area contributed by atoms with Crippen LogP contribution in [0.5, 0.6) is 0 Å². The molecular weight excluding hydrogens is 220 g/mol. The lowest BCUT2D eigenvalue weighted by Crippen LogP contribution is -2.63. The number of hydrogen-bond donors (Lipinski definition) is 0. The van der Waals surface area contributed by atoms with Crippen molar-refractivity contribution in [2.45, 2.75) is 58.7 Å². The Bertz CT molecular complexity index is 313. The fraction of sp³-hybridized carbons (Fsp3) is 0.846. The van der Waals surface area contributed by atoms with Crippen LogP contribution < -0.4 is 0 Å². The minimum absolute atomic E-state index is 0.0750. The Labute approximate surface area is 103 Å². The summed E-state index contributed by atoms with van der Waals surface area (Å²) in [6, 6.07) is 0. The topological polar surface area (TPSA) is 36.9 Å². The Morgan fingerprint density at radius 1 is 1.41 bits per heavy atom. The third-order valence-corrected chi connectivity index (χ3v) is 3.34. The van der Waals surface area contributed by atoms with E-state index in [4.69, 9.17) is 19.2 Å². The van der Waals surface area contributed by atoms with E-state index in [2.05, 4.69) is 27.4 Å². The maximum Gasteiger partial charge on any atom is 0.312 e. The number of fused-ring (bicyclic) bond motifs is 2. The fourth-order valence-electron chi connectivity index (χ4n) is 2.28. The summed E-state index contributed by atoms with van der Waals surface area (Å²) in [5.41, 5.74) is 0.806. The number of ether oxygens (including phenoxy) is 2. The first-order chi connectivity index (χ1) is 7.90. The van der Waals surface area contributed by atoms with Gasteiger partial charge >= 0.3 is 5.97 Å². The zero-order valence-electron chi connectivity index (χ0n) is 11.1. The van der Waals surface area contributed by atoms with Crippen LogP contribution in [-0.2, 0) is 19.2 Å². The van der Waals surface area contributed by atoms with E-state index >= 15 is 0 Å². The Morgan fingerprint density at radius 2 is 2.12 bits per heavy atom. The molecule has 4 heteroatoms. The maximum absolute atomic E-state index is 6.01. The summed E-state index contributed by atoms with van der Waals surface area (Å²) in [5, 5.41) is 0. The summed E-state index contributed by atoms with van der Waals surface area (Å²) in [6.45, 7) is 12.7. The van der Waals surface area contributed by atoms with E-state index in [1.165, 1.54) is 0 Å². The summed E-state index contributed by atoms with van der Waals surface area (Å²) in [6.07, 6.45) is 1.28. The van der Waals surface area contributed by atoms with Crippen LogP contribution in [0.25, 0.3) is 0 Å². The highest BCUT2D eigenvalue weighted by Gasteiger charge is 2.55. The standard InChI is InChI=1S/C13H22O4/c1-6-7-13-14-8-12(4,5)11(15-13)10(9(2)3)16-17-13/h10-11H,2,6-8H2,1,3-5H3/t10-,11+,13+/m1/s1. The van der Waals surface area contributed by atoms with E-state index in [9.17, 15) is 0 Å². The van der Waals surface area contributed by atoms with E-state index in [-0.39, 0.29) is 17.6 Å². The molecule has 0 spiro atoms. The van der Waals surface area contributed by atoms with Crippen molar-refractivity contribution in [2.24, 2.45) is 5.41 Å². The van der Waals surface area contributed by atoms with Gasteiger partial charge in [0, 0.05) is 11.8 Å². The molecule has 0 N–H and O–H groups in total. The van der Waals surface area contributed by atoms with Gasteiger partial charge in [-0.2, -0.15) is 4.89 Å². The second kappa shape index (κ2) is 4.35. The third kappa shape index (κ3) is 2.27. The molecule has 4 nitrogen and oxygen atoms in total. The van der Waals surface area contributed by atoms with Crippen molar-refractivity contribution in [1.82, 2.24) is 0 Å². The normalized spacial score (nSPS) is 40.0. The molecule has 2 heterocycles. The first kappa shape index (κ1) is 13.0. The molecule has 0 aromatic carbocycles. The van der Waals surface area contributed by atoms with Gasteiger partial charge in [0.05, 0.1) is 6.61 Å². The Hall–Kier alpha value is -0.420. The molecule has 0 aliphatic carbocycles. The van der Waals surface area contributed by atoms with E-state index in [1.54, 1.807) is 0 Å². The van der Waals surface area contributed by atoms with Crippen LogP contribution in [0.15, 0.2) is 12.2 Å². The van der Waals surface area contributed by atoms with Gasteiger partial charge in [-0.05, 0) is 18.9 Å². The first-order valence-corrected chi connectivity index (χ1v) is 6.22. The van der Waals surface area contributed by atoms with Gasteiger partial charge in [0.2, 0.25) is 0 Å². The maximum atomic E-state index is 6.01. The number of rotatable bonds is 3. The quantitative estimate of drug-likeness (QED) is 0.563.